The molecule has 1 rings (SSSR count). The molecule has 2 amide bonds. The summed E-state index contributed by atoms with van der Waals surface area (Å²) in [5, 5.41) is 0. The molecular weight excluding hydrogens is 280 g/mol. The van der Waals surface area contributed by atoms with Crippen molar-refractivity contribution in [3.63, 3.8) is 0 Å². The zero-order valence-corrected chi connectivity index (χ0v) is 14.0. The minimum absolute atomic E-state index is 0.0274. The van der Waals surface area contributed by atoms with Gasteiger partial charge in [0.25, 0.3) is 0 Å². The third kappa shape index (κ3) is 5.06. The predicted octanol–water partition coefficient (Wildman–Crippen LogP) is 2.70. The zero-order valence-electron chi connectivity index (χ0n) is 14.0. The Hall–Kier alpha value is -2.04. The third-order valence-electron chi connectivity index (χ3n) is 3.40. The number of anilines is 1. The Balaban J connectivity index is 2.91. The Morgan fingerprint density at radius 3 is 2.45 bits per heavy atom. The van der Waals surface area contributed by atoms with Crippen LogP contribution < -0.4 is 9.64 Å². The lowest BCUT2D eigenvalue weighted by molar-refractivity contribution is -0.130. The number of hydrogen-bond acceptors (Lipinski definition) is 3. The lowest BCUT2D eigenvalue weighted by Gasteiger charge is -2.26. The average Bonchev–Trinajstić information content (AvgIpc) is 2.50. The molecule has 0 bridgehead atoms. The molecular formula is C17H26N2O3. The fourth-order valence-corrected chi connectivity index (χ4v) is 2.10. The summed E-state index contributed by atoms with van der Waals surface area (Å²) in [5.41, 5.74) is 0.633. The van der Waals surface area contributed by atoms with Gasteiger partial charge in [-0.2, -0.15) is 0 Å². The smallest absolute Gasteiger partial charge is 0.242 e. The van der Waals surface area contributed by atoms with Crippen molar-refractivity contribution in [2.75, 3.05) is 31.6 Å². The van der Waals surface area contributed by atoms with Crippen LogP contribution in [0.1, 0.15) is 33.6 Å². The number of likely N-dealkylation sites (N-methyl/N-ethyl adjacent to an activating group) is 1. The van der Waals surface area contributed by atoms with Gasteiger partial charge in [-0.15, -0.1) is 0 Å². The molecule has 0 atom stereocenters. The Morgan fingerprint density at radius 1 is 1.18 bits per heavy atom. The van der Waals surface area contributed by atoms with Crippen molar-refractivity contribution in [1.29, 1.82) is 0 Å². The van der Waals surface area contributed by atoms with E-state index in [-0.39, 0.29) is 18.4 Å². The number of para-hydroxylation sites is 2. The normalized spacial score (nSPS) is 10.2. The number of nitrogens with zero attached hydrogens (tertiary/aromatic N) is 2. The molecule has 0 aliphatic rings. The molecule has 0 fully saturated rings. The Kier molecular flexibility index (Phi) is 7.43. The van der Waals surface area contributed by atoms with Crippen LogP contribution in [0.3, 0.4) is 0 Å². The number of carbonyl (C=O) groups excluding carboxylic acids is 2. The molecule has 22 heavy (non-hydrogen) atoms. The number of amides is 2. The number of unbranched alkanes of at least 4 members (excludes halogenated alkanes) is 1. The molecule has 0 N–H and O–H groups in total. The Labute approximate surface area is 132 Å². The average molecular weight is 306 g/mol. The second kappa shape index (κ2) is 9.07. The Bertz CT molecular complexity index is 502. The molecule has 122 valence electrons. The van der Waals surface area contributed by atoms with Crippen molar-refractivity contribution in [2.24, 2.45) is 0 Å². The van der Waals surface area contributed by atoms with Crippen molar-refractivity contribution in [2.45, 2.75) is 33.6 Å². The fourth-order valence-electron chi connectivity index (χ4n) is 2.10. The first-order valence-electron chi connectivity index (χ1n) is 7.75. The number of rotatable bonds is 8. The van der Waals surface area contributed by atoms with Gasteiger partial charge in [-0.25, -0.2) is 0 Å². The van der Waals surface area contributed by atoms with Crippen LogP contribution in [-0.4, -0.2) is 43.5 Å². The molecule has 0 aliphatic carbocycles. The quantitative estimate of drug-likeness (QED) is 0.742. The fraction of sp³-hybridized carbons (Fsp3) is 0.529. The topological polar surface area (TPSA) is 49.9 Å². The Morgan fingerprint density at radius 2 is 1.86 bits per heavy atom. The highest BCUT2D eigenvalue weighted by Crippen LogP contribution is 2.28. The molecule has 0 heterocycles. The molecule has 1 aromatic rings. The van der Waals surface area contributed by atoms with E-state index in [9.17, 15) is 9.59 Å². The van der Waals surface area contributed by atoms with Crippen molar-refractivity contribution in [3.05, 3.63) is 24.3 Å². The van der Waals surface area contributed by atoms with E-state index in [4.69, 9.17) is 4.74 Å². The minimum Gasteiger partial charge on any atom is -0.492 e. The molecule has 1 aromatic carbocycles. The maximum Gasteiger partial charge on any atom is 0.242 e. The highest BCUT2D eigenvalue weighted by atomic mass is 16.5. The second-order valence-corrected chi connectivity index (χ2v) is 5.17. The molecule has 0 aromatic heterocycles. The minimum atomic E-state index is -0.176. The van der Waals surface area contributed by atoms with Crippen molar-refractivity contribution >= 4 is 17.5 Å². The van der Waals surface area contributed by atoms with E-state index in [0.29, 0.717) is 24.6 Å². The molecule has 0 unspecified atom stereocenters. The van der Waals surface area contributed by atoms with Gasteiger partial charge in [0.1, 0.15) is 12.3 Å². The van der Waals surface area contributed by atoms with E-state index in [1.807, 2.05) is 19.1 Å². The van der Waals surface area contributed by atoms with Gasteiger partial charge >= 0.3 is 0 Å². The van der Waals surface area contributed by atoms with Gasteiger partial charge in [0.15, 0.2) is 0 Å². The van der Waals surface area contributed by atoms with Crippen LogP contribution in [0.4, 0.5) is 5.69 Å². The molecule has 0 aliphatic heterocycles. The number of ether oxygens (including phenoxy) is 1. The largest absolute Gasteiger partial charge is 0.492 e. The van der Waals surface area contributed by atoms with E-state index in [2.05, 4.69) is 6.92 Å². The zero-order chi connectivity index (χ0) is 16.5. The summed E-state index contributed by atoms with van der Waals surface area (Å²) in [6, 6.07) is 7.28. The third-order valence-corrected chi connectivity index (χ3v) is 3.40. The number of benzene rings is 1. The number of carbonyl (C=O) groups is 2. The van der Waals surface area contributed by atoms with Crippen LogP contribution in [0.2, 0.25) is 0 Å². The first-order chi connectivity index (χ1) is 10.5. The molecule has 5 heteroatoms. The van der Waals surface area contributed by atoms with Gasteiger partial charge < -0.3 is 9.64 Å². The van der Waals surface area contributed by atoms with Gasteiger partial charge in [0.2, 0.25) is 11.8 Å². The van der Waals surface area contributed by atoms with E-state index in [1.54, 1.807) is 24.1 Å². The monoisotopic (exact) mass is 306 g/mol. The van der Waals surface area contributed by atoms with Crippen LogP contribution in [0.15, 0.2) is 24.3 Å². The number of hydrogen-bond donors (Lipinski definition) is 0. The van der Waals surface area contributed by atoms with Crippen LogP contribution in [0.25, 0.3) is 0 Å². The highest BCUT2D eigenvalue weighted by molar-refractivity contribution is 5.98. The SMILES string of the molecule is CCCCN(C)C(=O)CN(C(C)=O)c1ccccc1OCC. The second-order valence-electron chi connectivity index (χ2n) is 5.17. The van der Waals surface area contributed by atoms with E-state index in [0.717, 1.165) is 12.8 Å². The highest BCUT2D eigenvalue weighted by Gasteiger charge is 2.21. The van der Waals surface area contributed by atoms with Crippen LogP contribution >= 0.6 is 0 Å². The maximum absolute atomic E-state index is 12.3. The summed E-state index contributed by atoms with van der Waals surface area (Å²) in [5.74, 6) is 0.364. The predicted molar refractivity (Wildman–Crippen MR) is 88.2 cm³/mol. The summed E-state index contributed by atoms with van der Waals surface area (Å²) < 4.78 is 5.56. The van der Waals surface area contributed by atoms with E-state index >= 15 is 0 Å². The van der Waals surface area contributed by atoms with Crippen molar-refractivity contribution < 1.29 is 14.3 Å². The maximum atomic E-state index is 12.3. The molecule has 0 radical (unpaired) electrons. The van der Waals surface area contributed by atoms with E-state index < -0.39 is 0 Å². The van der Waals surface area contributed by atoms with Gasteiger partial charge in [0, 0.05) is 20.5 Å². The standard InChI is InChI=1S/C17H26N2O3/c1-5-7-12-18(4)17(21)13-19(14(3)20)15-10-8-9-11-16(15)22-6-2/h8-11H,5-7,12-13H2,1-4H3. The lowest BCUT2D eigenvalue weighted by Crippen LogP contribution is -2.41. The van der Waals surface area contributed by atoms with Crippen LogP contribution in [-0.2, 0) is 9.59 Å². The summed E-state index contributed by atoms with van der Waals surface area (Å²) in [4.78, 5) is 27.4. The van der Waals surface area contributed by atoms with Gasteiger partial charge in [-0.3, -0.25) is 14.5 Å². The van der Waals surface area contributed by atoms with Crippen molar-refractivity contribution in [3.8, 4) is 5.75 Å². The molecule has 0 spiro atoms. The van der Waals surface area contributed by atoms with Crippen molar-refractivity contribution in [1.82, 2.24) is 4.90 Å². The van der Waals surface area contributed by atoms with Gasteiger partial charge in [0.05, 0.1) is 12.3 Å². The lowest BCUT2D eigenvalue weighted by atomic mass is 10.2. The van der Waals surface area contributed by atoms with E-state index in [1.165, 1.54) is 11.8 Å². The van der Waals surface area contributed by atoms with Gasteiger partial charge in [-0.1, -0.05) is 25.5 Å². The summed E-state index contributed by atoms with van der Waals surface area (Å²) in [6.07, 6.45) is 1.99. The van der Waals surface area contributed by atoms with Crippen LogP contribution in [0.5, 0.6) is 5.75 Å². The first-order valence-corrected chi connectivity index (χ1v) is 7.75. The first kappa shape index (κ1) is 18.0. The summed E-state index contributed by atoms with van der Waals surface area (Å²) in [6.45, 7) is 6.67. The molecule has 0 saturated carbocycles. The summed E-state index contributed by atoms with van der Waals surface area (Å²) in [7, 11) is 1.77. The molecule has 0 saturated heterocycles. The van der Waals surface area contributed by atoms with Gasteiger partial charge in [-0.05, 0) is 25.5 Å². The summed E-state index contributed by atoms with van der Waals surface area (Å²) >= 11 is 0. The van der Waals surface area contributed by atoms with Crippen LogP contribution in [0, 0.1) is 0 Å². The molecule has 5 nitrogen and oxygen atoms in total.